The summed E-state index contributed by atoms with van der Waals surface area (Å²) in [7, 11) is -4.09. The van der Waals surface area contributed by atoms with Gasteiger partial charge in [0.25, 0.3) is 0 Å². The van der Waals surface area contributed by atoms with Gasteiger partial charge in [0.2, 0.25) is 15.9 Å². The minimum absolute atomic E-state index is 0.151. The highest BCUT2D eigenvalue weighted by Gasteiger charge is 2.35. The van der Waals surface area contributed by atoms with E-state index in [-0.39, 0.29) is 10.8 Å². The van der Waals surface area contributed by atoms with Crippen LogP contribution in [0, 0.1) is 6.92 Å². The molecule has 37 heavy (non-hydrogen) atoms. The van der Waals surface area contributed by atoms with Gasteiger partial charge in [-0.2, -0.15) is 4.40 Å². The molecule has 0 spiro atoms. The Morgan fingerprint density at radius 3 is 2.14 bits per heavy atom. The van der Waals surface area contributed by atoms with Gasteiger partial charge in [-0.15, -0.1) is 11.8 Å². The second-order valence-electron chi connectivity index (χ2n) is 9.31. The van der Waals surface area contributed by atoms with Crippen LogP contribution >= 0.6 is 27.7 Å². The van der Waals surface area contributed by atoms with E-state index in [9.17, 15) is 12.6 Å². The Hall–Kier alpha value is -1.98. The fraction of sp³-hybridized carbons (Fsp3) is 0.296. The maximum absolute atomic E-state index is 13.6. The van der Waals surface area contributed by atoms with Crippen molar-refractivity contribution in [2.75, 3.05) is 7.11 Å². The van der Waals surface area contributed by atoms with Crippen molar-refractivity contribution >= 4 is 54.6 Å². The Bertz CT molecular complexity index is 1340. The fourth-order valence-corrected chi connectivity index (χ4v) is 6.76. The first-order valence-corrected chi connectivity index (χ1v) is 15.8. The van der Waals surface area contributed by atoms with Crippen LogP contribution in [-0.2, 0) is 25.7 Å². The Kier molecular flexibility index (Phi) is 10.2. The molecule has 3 rings (SSSR count). The van der Waals surface area contributed by atoms with Gasteiger partial charge < -0.3 is 4.74 Å². The molecule has 6 nitrogen and oxygen atoms in total. The van der Waals surface area contributed by atoms with Gasteiger partial charge in [0.05, 0.1) is 22.8 Å². The zero-order chi connectivity index (χ0) is 27.2. The summed E-state index contributed by atoms with van der Waals surface area (Å²) in [6.07, 6.45) is 0. The van der Waals surface area contributed by atoms with Gasteiger partial charge in [-0.1, -0.05) is 64.0 Å². The lowest BCUT2D eigenvalue weighted by Crippen LogP contribution is -2.40. The second kappa shape index (κ2) is 12.7. The Balaban J connectivity index is 2.17. The van der Waals surface area contributed by atoms with Crippen molar-refractivity contribution < 1.29 is 17.4 Å². The summed E-state index contributed by atoms with van der Waals surface area (Å²) < 4.78 is 53.4. The first-order chi connectivity index (χ1) is 17.4. The molecule has 0 fully saturated rings. The fourth-order valence-electron chi connectivity index (χ4n) is 3.26. The van der Waals surface area contributed by atoms with Gasteiger partial charge in [0.15, 0.2) is 0 Å². The zero-order valence-corrected chi connectivity index (χ0v) is 25.4. The highest BCUT2D eigenvalue weighted by atomic mass is 79.9. The Morgan fingerprint density at radius 2 is 1.59 bits per heavy atom. The molecule has 0 aliphatic rings. The van der Waals surface area contributed by atoms with E-state index in [1.54, 1.807) is 24.3 Å². The molecule has 0 bridgehead atoms. The maximum atomic E-state index is 13.6. The van der Waals surface area contributed by atoms with Crippen molar-refractivity contribution in [1.82, 2.24) is 4.72 Å². The van der Waals surface area contributed by atoms with E-state index >= 15 is 0 Å². The SMILES string of the molecule is CO/C(=N/[S@](=O)C(C)(C)C)[C@H](Sc1ccccc1)[C@H](NS(=O)(=O)c1ccc(C)cc1)c1ccc(Br)cc1. The molecule has 0 aliphatic carbocycles. The third kappa shape index (κ3) is 8.25. The number of halogens is 1. The van der Waals surface area contributed by atoms with Gasteiger partial charge in [-0.05, 0) is 69.7 Å². The van der Waals surface area contributed by atoms with Crippen LogP contribution in [0.4, 0.5) is 0 Å². The summed E-state index contributed by atoms with van der Waals surface area (Å²) in [5.74, 6) is 0.182. The van der Waals surface area contributed by atoms with E-state index in [4.69, 9.17) is 4.74 Å². The minimum atomic E-state index is -3.93. The van der Waals surface area contributed by atoms with Crippen LogP contribution in [0.25, 0.3) is 0 Å². The van der Waals surface area contributed by atoms with Gasteiger partial charge >= 0.3 is 0 Å². The molecule has 3 aromatic rings. The summed E-state index contributed by atoms with van der Waals surface area (Å²) in [5.41, 5.74) is 1.66. The van der Waals surface area contributed by atoms with Crippen molar-refractivity contribution in [3.05, 3.63) is 94.5 Å². The third-order valence-electron chi connectivity index (χ3n) is 5.30. The Labute approximate surface area is 235 Å². The average Bonchev–Trinajstić information content (AvgIpc) is 2.85. The van der Waals surface area contributed by atoms with Crippen LogP contribution in [-0.4, -0.2) is 35.6 Å². The second-order valence-corrected chi connectivity index (χ2v) is 15.1. The standard InChI is InChI=1S/C27H31BrN2O4S3/c1-19-11-17-23(18-12-19)37(32,33)30-24(20-13-15-21(28)16-14-20)25(35-22-9-7-6-8-10-22)26(34-5)29-36(31)27(2,3)4/h6-18,24-25,30H,1-5H3/b29-26+/t24-,25-,36-/m1/s1. The van der Waals surface area contributed by atoms with Crippen LogP contribution in [0.15, 0.2) is 97.5 Å². The molecule has 0 unspecified atom stereocenters. The number of sulfonamides is 1. The lowest BCUT2D eigenvalue weighted by Gasteiger charge is -2.29. The predicted octanol–water partition coefficient (Wildman–Crippen LogP) is 6.45. The van der Waals surface area contributed by atoms with E-state index in [0.717, 1.165) is 14.9 Å². The normalized spacial score (nSPS) is 15.1. The van der Waals surface area contributed by atoms with Crippen molar-refractivity contribution in [3.63, 3.8) is 0 Å². The monoisotopic (exact) mass is 622 g/mol. The van der Waals surface area contributed by atoms with Crippen molar-refractivity contribution in [3.8, 4) is 0 Å². The number of methoxy groups -OCH3 is 1. The average molecular weight is 624 g/mol. The number of ether oxygens (including phenoxy) is 1. The van der Waals surface area contributed by atoms with E-state index in [1.165, 1.54) is 18.9 Å². The summed E-state index contributed by atoms with van der Waals surface area (Å²) in [6.45, 7) is 7.38. The summed E-state index contributed by atoms with van der Waals surface area (Å²) in [6, 6.07) is 22.9. The molecule has 0 saturated carbocycles. The molecule has 0 amide bonds. The number of rotatable bonds is 9. The Morgan fingerprint density at radius 1 is 1.00 bits per heavy atom. The topological polar surface area (TPSA) is 84.8 Å². The van der Waals surface area contributed by atoms with Gasteiger partial charge in [-0.25, -0.2) is 17.3 Å². The number of hydrogen-bond acceptors (Lipinski definition) is 5. The first kappa shape index (κ1) is 29.6. The minimum Gasteiger partial charge on any atom is -0.483 e. The van der Waals surface area contributed by atoms with Crippen molar-refractivity contribution in [1.29, 1.82) is 0 Å². The number of nitrogens with one attached hydrogen (secondary N) is 1. The molecule has 198 valence electrons. The summed E-state index contributed by atoms with van der Waals surface area (Å²) in [4.78, 5) is 1.04. The molecule has 0 heterocycles. The molecule has 0 aromatic heterocycles. The van der Waals surface area contributed by atoms with Crippen LogP contribution in [0.5, 0.6) is 0 Å². The molecular formula is C27H31BrN2O4S3. The molecule has 0 aliphatic heterocycles. The molecule has 0 radical (unpaired) electrons. The molecule has 3 aromatic carbocycles. The van der Waals surface area contributed by atoms with Gasteiger partial charge in [0, 0.05) is 9.37 Å². The zero-order valence-electron chi connectivity index (χ0n) is 21.3. The molecular weight excluding hydrogens is 592 g/mol. The molecule has 3 atom stereocenters. The van der Waals surface area contributed by atoms with Gasteiger partial charge in [-0.3, -0.25) is 0 Å². The lowest BCUT2D eigenvalue weighted by molar-refractivity contribution is 0.386. The highest BCUT2D eigenvalue weighted by molar-refractivity contribution is 9.10. The van der Waals surface area contributed by atoms with Crippen LogP contribution in [0.3, 0.4) is 0 Å². The van der Waals surface area contributed by atoms with E-state index < -0.39 is 37.0 Å². The summed E-state index contributed by atoms with van der Waals surface area (Å²) >= 11 is 4.85. The van der Waals surface area contributed by atoms with Crippen molar-refractivity contribution in [2.24, 2.45) is 4.40 Å². The van der Waals surface area contributed by atoms with Crippen molar-refractivity contribution in [2.45, 2.75) is 53.5 Å². The van der Waals surface area contributed by atoms with E-state index in [0.29, 0.717) is 5.56 Å². The van der Waals surface area contributed by atoms with Crippen LogP contribution in [0.2, 0.25) is 0 Å². The van der Waals surface area contributed by atoms with E-state index in [2.05, 4.69) is 25.0 Å². The number of nitrogens with zero attached hydrogens (tertiary/aromatic N) is 1. The predicted molar refractivity (Wildman–Crippen MR) is 157 cm³/mol. The number of benzene rings is 3. The van der Waals surface area contributed by atoms with Crippen LogP contribution < -0.4 is 4.72 Å². The third-order valence-corrected chi connectivity index (χ3v) is 9.95. The number of aryl methyl sites for hydroxylation is 1. The van der Waals surface area contributed by atoms with Crippen LogP contribution in [0.1, 0.15) is 37.9 Å². The number of hydrogen-bond donors (Lipinski definition) is 1. The largest absolute Gasteiger partial charge is 0.483 e. The molecule has 1 N–H and O–H groups in total. The molecule has 10 heteroatoms. The lowest BCUT2D eigenvalue weighted by atomic mass is 10.0. The molecule has 0 saturated heterocycles. The van der Waals surface area contributed by atoms with E-state index in [1.807, 2.05) is 82.3 Å². The maximum Gasteiger partial charge on any atom is 0.241 e. The summed E-state index contributed by atoms with van der Waals surface area (Å²) in [5, 5.41) is -0.667. The highest BCUT2D eigenvalue weighted by Crippen LogP contribution is 2.36. The first-order valence-electron chi connectivity index (χ1n) is 11.5. The van der Waals surface area contributed by atoms with Gasteiger partial charge in [0.1, 0.15) is 16.2 Å². The number of thioether (sulfide) groups is 1. The quantitative estimate of drug-likeness (QED) is 0.168. The smallest absolute Gasteiger partial charge is 0.241 e.